The van der Waals surface area contributed by atoms with Crippen molar-refractivity contribution in [1.29, 1.82) is 0 Å². The Labute approximate surface area is 173 Å². The van der Waals surface area contributed by atoms with Gasteiger partial charge in [0, 0.05) is 25.3 Å². The molecule has 1 aliphatic heterocycles. The van der Waals surface area contributed by atoms with Gasteiger partial charge in [-0.25, -0.2) is 14.2 Å². The van der Waals surface area contributed by atoms with Gasteiger partial charge < -0.3 is 26.0 Å². The summed E-state index contributed by atoms with van der Waals surface area (Å²) in [5, 5.41) is 9.26. The van der Waals surface area contributed by atoms with E-state index < -0.39 is 22.8 Å². The molecule has 3 heterocycles. The molecular weight excluding hydrogens is 424 g/mol. The fraction of sp³-hybridized carbons (Fsp3) is 0.167. The molecule has 2 aromatic heterocycles. The van der Waals surface area contributed by atoms with Gasteiger partial charge in [0.1, 0.15) is 11.4 Å². The number of rotatable bonds is 3. The van der Waals surface area contributed by atoms with Gasteiger partial charge in [-0.1, -0.05) is 23.2 Å². The maximum atomic E-state index is 14.8. The lowest BCUT2D eigenvalue weighted by molar-refractivity contribution is 0.0695. The summed E-state index contributed by atoms with van der Waals surface area (Å²) < 4.78 is 16.2. The first kappa shape index (κ1) is 19.4. The van der Waals surface area contributed by atoms with Crippen LogP contribution in [0.3, 0.4) is 0 Å². The Bertz CT molecular complexity index is 1240. The summed E-state index contributed by atoms with van der Waals surface area (Å²) in [5.74, 6) is -2.20. The topological polar surface area (TPSA) is 127 Å². The number of hydrogen-bond acceptors (Lipinski definition) is 6. The molecule has 150 valence electrons. The third-order valence-corrected chi connectivity index (χ3v) is 5.42. The number of anilines is 2. The molecule has 0 saturated carbocycles. The normalized spacial score (nSPS) is 14.3. The number of aromatic carboxylic acids is 1. The summed E-state index contributed by atoms with van der Waals surface area (Å²) >= 11 is 12.4. The van der Waals surface area contributed by atoms with Crippen LogP contribution in [0.4, 0.5) is 15.8 Å². The fourth-order valence-corrected chi connectivity index (χ4v) is 3.84. The molecule has 1 saturated heterocycles. The van der Waals surface area contributed by atoms with Crippen LogP contribution in [-0.2, 0) is 0 Å². The number of benzene rings is 1. The summed E-state index contributed by atoms with van der Waals surface area (Å²) in [4.78, 5) is 29.9. The number of carboxylic acids is 1. The standard InChI is InChI=1S/C18H14Cl2FN5O3/c19-13-14-9(2-11(21)15(13)25-4-7(22)5-25)16(27)10(18(28)29)6-26(14)8-1-12(23)17(20)24-3-8/h1-3,6-7H,4-5,22-23H2,(H,28,29). The number of fused-ring (bicyclic) bond motifs is 1. The average Bonchev–Trinajstić information content (AvgIpc) is 2.63. The van der Waals surface area contributed by atoms with E-state index in [0.717, 1.165) is 12.3 Å². The largest absolute Gasteiger partial charge is 0.477 e. The average molecular weight is 438 g/mol. The lowest BCUT2D eigenvalue weighted by atomic mass is 10.1. The summed E-state index contributed by atoms with van der Waals surface area (Å²) in [6.45, 7) is 0.796. The fourth-order valence-electron chi connectivity index (χ4n) is 3.33. The van der Waals surface area contributed by atoms with Crippen molar-refractivity contribution in [3.8, 4) is 5.69 Å². The highest BCUT2D eigenvalue weighted by molar-refractivity contribution is 6.38. The Morgan fingerprint density at radius 1 is 1.31 bits per heavy atom. The van der Waals surface area contributed by atoms with E-state index in [-0.39, 0.29) is 38.5 Å². The van der Waals surface area contributed by atoms with Gasteiger partial charge in [0.05, 0.1) is 39.2 Å². The van der Waals surface area contributed by atoms with Gasteiger partial charge in [-0.2, -0.15) is 0 Å². The van der Waals surface area contributed by atoms with E-state index in [1.807, 2.05) is 0 Å². The number of nitrogens with two attached hydrogens (primary N) is 2. The van der Waals surface area contributed by atoms with Gasteiger partial charge in [-0.3, -0.25) is 4.79 Å². The number of halogens is 3. The van der Waals surface area contributed by atoms with E-state index >= 15 is 0 Å². The van der Waals surface area contributed by atoms with Gasteiger partial charge >= 0.3 is 5.97 Å². The quantitative estimate of drug-likeness (QED) is 0.536. The number of hydrogen-bond donors (Lipinski definition) is 3. The third-order valence-electron chi connectivity index (χ3n) is 4.74. The highest BCUT2D eigenvalue weighted by Gasteiger charge is 2.30. The maximum Gasteiger partial charge on any atom is 0.341 e. The van der Waals surface area contributed by atoms with E-state index in [2.05, 4.69) is 4.98 Å². The van der Waals surface area contributed by atoms with Crippen LogP contribution in [-0.4, -0.2) is 39.8 Å². The number of nitrogens with zero attached hydrogens (tertiary/aromatic N) is 3. The SMILES string of the molecule is Nc1cc(-n2cc(C(=O)O)c(=O)c3cc(F)c(N4CC(N)C4)c(Cl)c32)cnc1Cl. The van der Waals surface area contributed by atoms with Crippen molar-refractivity contribution in [1.82, 2.24) is 9.55 Å². The van der Waals surface area contributed by atoms with Gasteiger partial charge in [0.15, 0.2) is 5.15 Å². The minimum Gasteiger partial charge on any atom is -0.477 e. The molecular formula is C18H14Cl2FN5O3. The van der Waals surface area contributed by atoms with Gasteiger partial charge in [-0.05, 0) is 12.1 Å². The van der Waals surface area contributed by atoms with Crippen molar-refractivity contribution in [3.63, 3.8) is 0 Å². The minimum absolute atomic E-state index is 0.0468. The molecule has 0 bridgehead atoms. The van der Waals surface area contributed by atoms with E-state index in [1.54, 1.807) is 4.90 Å². The zero-order chi connectivity index (χ0) is 21.0. The van der Waals surface area contributed by atoms with Gasteiger partial charge in [-0.15, -0.1) is 0 Å². The summed E-state index contributed by atoms with van der Waals surface area (Å²) in [5.41, 5.74) is 10.9. The molecule has 1 fully saturated rings. The third kappa shape index (κ3) is 3.07. The second-order valence-electron chi connectivity index (χ2n) is 6.70. The lowest BCUT2D eigenvalue weighted by Gasteiger charge is -2.39. The lowest BCUT2D eigenvalue weighted by Crippen LogP contribution is -2.56. The van der Waals surface area contributed by atoms with Crippen molar-refractivity contribution in [2.24, 2.45) is 5.73 Å². The number of nitrogen functional groups attached to an aromatic ring is 1. The molecule has 0 spiro atoms. The highest BCUT2D eigenvalue weighted by Crippen LogP contribution is 2.38. The van der Waals surface area contributed by atoms with E-state index in [9.17, 15) is 19.1 Å². The van der Waals surface area contributed by atoms with Crippen molar-refractivity contribution in [2.75, 3.05) is 23.7 Å². The molecule has 0 aliphatic carbocycles. The van der Waals surface area contributed by atoms with Crippen LogP contribution in [0.5, 0.6) is 0 Å². The van der Waals surface area contributed by atoms with E-state index in [1.165, 1.54) is 16.8 Å². The van der Waals surface area contributed by atoms with Crippen LogP contribution < -0.4 is 21.8 Å². The number of carbonyl (C=O) groups is 1. The van der Waals surface area contributed by atoms with E-state index in [4.69, 9.17) is 34.7 Å². The zero-order valence-electron chi connectivity index (χ0n) is 14.7. The second-order valence-corrected chi connectivity index (χ2v) is 7.44. The van der Waals surface area contributed by atoms with Gasteiger partial charge in [0.25, 0.3) is 0 Å². The van der Waals surface area contributed by atoms with Crippen molar-refractivity contribution in [2.45, 2.75) is 6.04 Å². The van der Waals surface area contributed by atoms with Crippen molar-refractivity contribution in [3.05, 3.63) is 56.3 Å². The number of pyridine rings is 2. The molecule has 0 amide bonds. The van der Waals surface area contributed by atoms with Gasteiger partial charge in [0.2, 0.25) is 5.43 Å². The second kappa shape index (κ2) is 6.87. The molecule has 5 N–H and O–H groups in total. The zero-order valence-corrected chi connectivity index (χ0v) is 16.2. The first-order valence-electron chi connectivity index (χ1n) is 8.41. The number of aromatic nitrogens is 2. The molecule has 0 atom stereocenters. The molecule has 4 rings (SSSR count). The van der Waals surface area contributed by atoms with Crippen LogP contribution >= 0.6 is 23.2 Å². The highest BCUT2D eigenvalue weighted by atomic mass is 35.5. The smallest absolute Gasteiger partial charge is 0.341 e. The van der Waals surface area contributed by atoms with Crippen molar-refractivity contribution < 1.29 is 14.3 Å². The Morgan fingerprint density at radius 3 is 2.59 bits per heavy atom. The van der Waals surface area contributed by atoms with Crippen LogP contribution in [0.2, 0.25) is 10.2 Å². The molecule has 3 aromatic rings. The molecule has 29 heavy (non-hydrogen) atoms. The molecule has 0 unspecified atom stereocenters. The Balaban J connectivity index is 2.10. The Kier molecular flexibility index (Phi) is 4.60. The van der Waals surface area contributed by atoms with Crippen LogP contribution in [0.15, 0.2) is 29.3 Å². The van der Waals surface area contributed by atoms with Crippen LogP contribution in [0, 0.1) is 5.82 Å². The minimum atomic E-state index is -1.46. The summed E-state index contributed by atoms with van der Waals surface area (Å²) in [6.07, 6.45) is 2.44. The summed E-state index contributed by atoms with van der Waals surface area (Å²) in [7, 11) is 0. The molecule has 8 nitrogen and oxygen atoms in total. The maximum absolute atomic E-state index is 14.8. The Hall–Kier alpha value is -2.88. The molecule has 0 radical (unpaired) electrons. The molecule has 1 aliphatic rings. The molecule has 11 heteroatoms. The van der Waals surface area contributed by atoms with Crippen LogP contribution in [0.1, 0.15) is 10.4 Å². The number of carboxylic acid groups (broad SMARTS) is 1. The predicted octanol–water partition coefficient (Wildman–Crippen LogP) is 2.26. The van der Waals surface area contributed by atoms with E-state index in [0.29, 0.717) is 18.8 Å². The molecule has 1 aromatic carbocycles. The first-order valence-corrected chi connectivity index (χ1v) is 9.17. The monoisotopic (exact) mass is 437 g/mol. The Morgan fingerprint density at radius 2 is 2.00 bits per heavy atom. The first-order chi connectivity index (χ1) is 13.7. The van der Waals surface area contributed by atoms with Crippen LogP contribution in [0.25, 0.3) is 16.6 Å². The van der Waals surface area contributed by atoms with Crippen molar-refractivity contribution >= 4 is 51.4 Å². The predicted molar refractivity (Wildman–Crippen MR) is 109 cm³/mol. The summed E-state index contributed by atoms with van der Waals surface area (Å²) in [6, 6.07) is 2.32.